The highest BCUT2D eigenvalue weighted by molar-refractivity contribution is 6.30. The van der Waals surface area contributed by atoms with Gasteiger partial charge in [0.15, 0.2) is 12.4 Å². The molecule has 0 spiro atoms. The van der Waals surface area contributed by atoms with Gasteiger partial charge in [-0.15, -0.1) is 0 Å². The third kappa shape index (κ3) is 5.93. The van der Waals surface area contributed by atoms with Crippen LogP contribution in [-0.2, 0) is 4.79 Å². The molecular formula is C24H21ClN2O4. The van der Waals surface area contributed by atoms with Crippen molar-refractivity contribution in [2.24, 2.45) is 0 Å². The monoisotopic (exact) mass is 436 g/mol. The van der Waals surface area contributed by atoms with Crippen LogP contribution in [0.15, 0.2) is 72.8 Å². The molecule has 0 aromatic heterocycles. The van der Waals surface area contributed by atoms with Gasteiger partial charge in [0.25, 0.3) is 11.8 Å². The van der Waals surface area contributed by atoms with Crippen LogP contribution in [0, 0.1) is 0 Å². The zero-order valence-electron chi connectivity index (χ0n) is 16.9. The van der Waals surface area contributed by atoms with Gasteiger partial charge in [-0.1, -0.05) is 29.8 Å². The minimum atomic E-state index is -0.408. The van der Waals surface area contributed by atoms with Crippen molar-refractivity contribution in [3.05, 3.63) is 94.5 Å². The molecule has 3 rings (SSSR count). The Kier molecular flexibility index (Phi) is 7.40. The number of anilines is 1. The second-order valence-corrected chi connectivity index (χ2v) is 7.04. The molecule has 2 amide bonds. The number of carbonyl (C=O) groups is 3. The highest BCUT2D eigenvalue weighted by atomic mass is 35.5. The van der Waals surface area contributed by atoms with E-state index in [1.165, 1.54) is 0 Å². The first kappa shape index (κ1) is 22.1. The molecule has 0 saturated heterocycles. The summed E-state index contributed by atoms with van der Waals surface area (Å²) < 4.78 is 5.39. The average molecular weight is 437 g/mol. The molecule has 0 bridgehead atoms. The molecule has 0 saturated carbocycles. The Bertz CT molecular complexity index is 1080. The summed E-state index contributed by atoms with van der Waals surface area (Å²) >= 11 is 5.89. The Labute approximate surface area is 185 Å². The van der Waals surface area contributed by atoms with E-state index in [-0.39, 0.29) is 23.9 Å². The summed E-state index contributed by atoms with van der Waals surface area (Å²) in [7, 11) is 0. The lowest BCUT2D eigenvalue weighted by molar-refractivity contribution is -0.122. The summed E-state index contributed by atoms with van der Waals surface area (Å²) in [5.74, 6) is -0.380. The summed E-state index contributed by atoms with van der Waals surface area (Å²) in [6.07, 6.45) is 0. The molecule has 0 unspecified atom stereocenters. The number of likely N-dealkylation sites (N-methyl/N-ethyl adjacent to an activating group) is 1. The third-order valence-corrected chi connectivity index (χ3v) is 4.63. The van der Waals surface area contributed by atoms with Crippen LogP contribution in [0.3, 0.4) is 0 Å². The molecule has 2 N–H and O–H groups in total. The molecule has 0 aliphatic rings. The maximum absolute atomic E-state index is 12.9. The third-order valence-electron chi connectivity index (χ3n) is 4.38. The summed E-state index contributed by atoms with van der Waals surface area (Å²) in [5, 5.41) is 5.95. The van der Waals surface area contributed by atoms with Crippen molar-refractivity contribution in [2.45, 2.75) is 6.92 Å². The Morgan fingerprint density at radius 3 is 2.16 bits per heavy atom. The summed E-state index contributed by atoms with van der Waals surface area (Å²) in [4.78, 5) is 37.2. The lowest BCUT2D eigenvalue weighted by Gasteiger charge is -2.11. The van der Waals surface area contributed by atoms with Crippen molar-refractivity contribution in [1.29, 1.82) is 0 Å². The van der Waals surface area contributed by atoms with Gasteiger partial charge < -0.3 is 15.4 Å². The number of rotatable bonds is 8. The molecule has 158 valence electrons. The summed E-state index contributed by atoms with van der Waals surface area (Å²) in [6.45, 7) is 2.28. The second-order valence-electron chi connectivity index (χ2n) is 6.60. The van der Waals surface area contributed by atoms with E-state index in [0.717, 1.165) is 0 Å². The van der Waals surface area contributed by atoms with Crippen molar-refractivity contribution in [1.82, 2.24) is 5.32 Å². The van der Waals surface area contributed by atoms with Crippen LogP contribution in [0.4, 0.5) is 5.69 Å². The highest BCUT2D eigenvalue weighted by Crippen LogP contribution is 2.20. The van der Waals surface area contributed by atoms with Gasteiger partial charge in [0, 0.05) is 28.4 Å². The maximum Gasteiger partial charge on any atom is 0.257 e. The smallest absolute Gasteiger partial charge is 0.257 e. The van der Waals surface area contributed by atoms with Crippen LogP contribution in [-0.4, -0.2) is 30.7 Å². The van der Waals surface area contributed by atoms with Crippen molar-refractivity contribution in [3.8, 4) is 5.75 Å². The van der Waals surface area contributed by atoms with Crippen molar-refractivity contribution in [2.75, 3.05) is 18.5 Å². The standard InChI is InChI=1S/C24H21ClN2O4/c1-2-26-22(28)15-31-19-13-11-18(12-14-19)27-24(30)21-6-4-3-5-20(21)23(29)16-7-9-17(25)10-8-16/h3-14H,2,15H2,1H3,(H,26,28)(H,27,30). The number of halogens is 1. The van der Waals surface area contributed by atoms with Crippen LogP contribution in [0.1, 0.15) is 33.2 Å². The van der Waals surface area contributed by atoms with Gasteiger partial charge in [-0.05, 0) is 61.5 Å². The van der Waals surface area contributed by atoms with Gasteiger partial charge >= 0.3 is 0 Å². The van der Waals surface area contributed by atoms with Crippen LogP contribution >= 0.6 is 11.6 Å². The number of nitrogens with one attached hydrogen (secondary N) is 2. The van der Waals surface area contributed by atoms with Crippen LogP contribution in [0.5, 0.6) is 5.75 Å². The number of ketones is 1. The molecule has 0 radical (unpaired) electrons. The lowest BCUT2D eigenvalue weighted by atomic mass is 9.98. The molecule has 0 aliphatic carbocycles. The predicted molar refractivity (Wildman–Crippen MR) is 120 cm³/mol. The molecule has 0 heterocycles. The van der Waals surface area contributed by atoms with E-state index in [4.69, 9.17) is 16.3 Å². The topological polar surface area (TPSA) is 84.5 Å². The molecule has 0 atom stereocenters. The SMILES string of the molecule is CCNC(=O)COc1ccc(NC(=O)c2ccccc2C(=O)c2ccc(Cl)cc2)cc1. The first-order valence-corrected chi connectivity index (χ1v) is 10.1. The van der Waals surface area contributed by atoms with Gasteiger partial charge in [-0.3, -0.25) is 14.4 Å². The predicted octanol–water partition coefficient (Wildman–Crippen LogP) is 4.34. The summed E-state index contributed by atoms with van der Waals surface area (Å²) in [5.41, 5.74) is 1.53. The molecule has 3 aromatic rings. The zero-order valence-corrected chi connectivity index (χ0v) is 17.6. The van der Waals surface area contributed by atoms with Gasteiger partial charge in [0.05, 0.1) is 5.56 Å². The maximum atomic E-state index is 12.9. The minimum absolute atomic E-state index is 0.0836. The molecule has 7 heteroatoms. The highest BCUT2D eigenvalue weighted by Gasteiger charge is 2.18. The van der Waals surface area contributed by atoms with Crippen LogP contribution in [0.25, 0.3) is 0 Å². The van der Waals surface area contributed by atoms with E-state index in [0.29, 0.717) is 34.1 Å². The molecular weight excluding hydrogens is 416 g/mol. The Morgan fingerprint density at radius 2 is 1.52 bits per heavy atom. The molecule has 6 nitrogen and oxygen atoms in total. The van der Waals surface area contributed by atoms with E-state index < -0.39 is 5.91 Å². The van der Waals surface area contributed by atoms with E-state index in [1.807, 2.05) is 6.92 Å². The number of hydrogen-bond acceptors (Lipinski definition) is 4. The normalized spacial score (nSPS) is 10.3. The lowest BCUT2D eigenvalue weighted by Crippen LogP contribution is -2.28. The quantitative estimate of drug-likeness (QED) is 0.514. The number of ether oxygens (including phenoxy) is 1. The summed E-state index contributed by atoms with van der Waals surface area (Å²) in [6, 6.07) is 19.8. The first-order valence-electron chi connectivity index (χ1n) is 9.68. The van der Waals surface area contributed by atoms with Crippen LogP contribution in [0.2, 0.25) is 5.02 Å². The number of carbonyl (C=O) groups excluding carboxylic acids is 3. The van der Waals surface area contributed by atoms with Gasteiger partial charge in [0.1, 0.15) is 5.75 Å². The molecule has 3 aromatic carbocycles. The number of benzene rings is 3. The van der Waals surface area contributed by atoms with E-state index in [9.17, 15) is 14.4 Å². The Morgan fingerprint density at radius 1 is 0.871 bits per heavy atom. The first-order chi connectivity index (χ1) is 15.0. The average Bonchev–Trinajstić information content (AvgIpc) is 2.79. The number of amides is 2. The molecule has 0 fully saturated rings. The van der Waals surface area contributed by atoms with E-state index >= 15 is 0 Å². The van der Waals surface area contributed by atoms with E-state index in [1.54, 1.807) is 72.8 Å². The fourth-order valence-corrected chi connectivity index (χ4v) is 2.99. The number of hydrogen-bond donors (Lipinski definition) is 2. The van der Waals surface area contributed by atoms with Gasteiger partial charge in [-0.2, -0.15) is 0 Å². The molecule has 31 heavy (non-hydrogen) atoms. The fraction of sp³-hybridized carbons (Fsp3) is 0.125. The van der Waals surface area contributed by atoms with E-state index in [2.05, 4.69) is 10.6 Å². The Hall–Kier alpha value is -3.64. The zero-order chi connectivity index (χ0) is 22.2. The van der Waals surface area contributed by atoms with Crippen molar-refractivity contribution < 1.29 is 19.1 Å². The van der Waals surface area contributed by atoms with Gasteiger partial charge in [-0.25, -0.2) is 0 Å². The second kappa shape index (κ2) is 10.4. The Balaban J connectivity index is 1.70. The van der Waals surface area contributed by atoms with Crippen molar-refractivity contribution >= 4 is 34.9 Å². The van der Waals surface area contributed by atoms with Crippen molar-refractivity contribution in [3.63, 3.8) is 0 Å². The fourth-order valence-electron chi connectivity index (χ4n) is 2.87. The van der Waals surface area contributed by atoms with Gasteiger partial charge in [0.2, 0.25) is 0 Å². The largest absolute Gasteiger partial charge is 0.484 e. The van der Waals surface area contributed by atoms with Crippen LogP contribution < -0.4 is 15.4 Å². The minimum Gasteiger partial charge on any atom is -0.484 e. The molecule has 0 aliphatic heterocycles.